The maximum Gasteiger partial charge on any atom is 0.358 e. The van der Waals surface area contributed by atoms with Crippen LogP contribution in [0.4, 0.5) is 14.6 Å². The molecule has 1 rings (SSSR count). The summed E-state index contributed by atoms with van der Waals surface area (Å²) in [6, 6.07) is 0. The van der Waals surface area contributed by atoms with Crippen LogP contribution in [0.15, 0.2) is 6.20 Å². The third kappa shape index (κ3) is 1.86. The number of halogens is 2. The molecule has 0 radical (unpaired) electrons. The first-order chi connectivity index (χ1) is 6.02. The molecule has 1 heterocycles. The molecule has 5 nitrogen and oxygen atoms in total. The number of carbonyl (C=O) groups is 1. The Morgan fingerprint density at radius 1 is 1.62 bits per heavy atom. The zero-order chi connectivity index (χ0) is 10.0. The highest BCUT2D eigenvalue weighted by Gasteiger charge is 2.15. The predicted molar refractivity (Wildman–Crippen MR) is 38.4 cm³/mol. The highest BCUT2D eigenvalue weighted by atomic mass is 19.3. The van der Waals surface area contributed by atoms with Crippen LogP contribution in [0.3, 0.4) is 0 Å². The molecule has 0 saturated carbocycles. The molecule has 3 N–H and O–H groups in total. The molecular formula is C6H5F2N3O2. The van der Waals surface area contributed by atoms with Crippen LogP contribution in [0.5, 0.6) is 0 Å². The topological polar surface area (TPSA) is 89.1 Å². The summed E-state index contributed by atoms with van der Waals surface area (Å²) in [4.78, 5) is 16.7. The van der Waals surface area contributed by atoms with Crippen molar-refractivity contribution in [3.8, 4) is 0 Å². The lowest BCUT2D eigenvalue weighted by molar-refractivity contribution is 0.0690. The predicted octanol–water partition coefficient (Wildman–Crippen LogP) is 0.695. The Labute approximate surface area is 71.2 Å². The van der Waals surface area contributed by atoms with Gasteiger partial charge in [0.15, 0.2) is 11.5 Å². The summed E-state index contributed by atoms with van der Waals surface area (Å²) in [5.41, 5.74) is 3.91. The molecule has 0 fully saturated rings. The zero-order valence-corrected chi connectivity index (χ0v) is 6.24. The van der Waals surface area contributed by atoms with Crippen molar-refractivity contribution in [2.45, 2.75) is 6.43 Å². The van der Waals surface area contributed by atoms with E-state index < -0.39 is 29.6 Å². The van der Waals surface area contributed by atoms with Crippen LogP contribution in [-0.4, -0.2) is 21.0 Å². The van der Waals surface area contributed by atoms with E-state index in [-0.39, 0.29) is 0 Å². The molecule has 0 aliphatic rings. The standard InChI is InChI=1S/C6H5F2N3O2/c7-4(8)2-1-10-3(6(12)13)5(9)11-2/h1,4H,(H2,9,11)(H,12,13). The smallest absolute Gasteiger partial charge is 0.358 e. The first-order valence-electron chi connectivity index (χ1n) is 3.16. The Balaban J connectivity index is 3.13. The molecule has 0 aliphatic carbocycles. The summed E-state index contributed by atoms with van der Waals surface area (Å²) in [6.45, 7) is 0. The van der Waals surface area contributed by atoms with Gasteiger partial charge in [0, 0.05) is 0 Å². The molecule has 0 bridgehead atoms. The Bertz CT molecular complexity index is 343. The molecule has 13 heavy (non-hydrogen) atoms. The monoisotopic (exact) mass is 189 g/mol. The Morgan fingerprint density at radius 3 is 2.62 bits per heavy atom. The molecule has 0 amide bonds. The number of nitrogens with two attached hydrogens (primary N) is 1. The summed E-state index contributed by atoms with van der Waals surface area (Å²) in [5.74, 6) is -1.91. The number of hydrogen-bond acceptors (Lipinski definition) is 4. The van der Waals surface area contributed by atoms with Crippen LogP contribution in [0.1, 0.15) is 22.6 Å². The zero-order valence-electron chi connectivity index (χ0n) is 6.24. The third-order valence-electron chi connectivity index (χ3n) is 1.24. The minimum atomic E-state index is -2.81. The molecule has 0 aromatic carbocycles. The van der Waals surface area contributed by atoms with Crippen LogP contribution in [-0.2, 0) is 0 Å². The molecule has 0 atom stereocenters. The van der Waals surface area contributed by atoms with Crippen molar-refractivity contribution in [2.24, 2.45) is 0 Å². The first kappa shape index (κ1) is 9.30. The molecular weight excluding hydrogens is 184 g/mol. The minimum absolute atomic E-state index is 0.509. The molecule has 0 aliphatic heterocycles. The van der Waals surface area contributed by atoms with E-state index in [1.165, 1.54) is 0 Å². The molecule has 7 heteroatoms. The number of carboxylic acid groups (broad SMARTS) is 1. The van der Waals surface area contributed by atoms with Crippen LogP contribution >= 0.6 is 0 Å². The SMILES string of the molecule is Nc1nc(C(F)F)cnc1C(=O)O. The highest BCUT2D eigenvalue weighted by Crippen LogP contribution is 2.17. The average Bonchev–Trinajstić information content (AvgIpc) is 2.03. The number of aromatic nitrogens is 2. The summed E-state index contributed by atoms with van der Waals surface area (Å²) in [5, 5.41) is 8.43. The van der Waals surface area contributed by atoms with Crippen LogP contribution in [0.25, 0.3) is 0 Å². The van der Waals surface area contributed by atoms with Crippen molar-refractivity contribution in [3.63, 3.8) is 0 Å². The van der Waals surface area contributed by atoms with Gasteiger partial charge in [-0.3, -0.25) is 0 Å². The van der Waals surface area contributed by atoms with Gasteiger partial charge in [0.05, 0.1) is 6.20 Å². The summed E-state index contributed by atoms with van der Waals surface area (Å²) in [7, 11) is 0. The number of anilines is 1. The normalized spacial score (nSPS) is 10.4. The third-order valence-corrected chi connectivity index (χ3v) is 1.24. The minimum Gasteiger partial charge on any atom is -0.476 e. The fourth-order valence-corrected chi connectivity index (χ4v) is 0.688. The van der Waals surface area contributed by atoms with E-state index in [0.29, 0.717) is 6.20 Å². The number of hydrogen-bond donors (Lipinski definition) is 2. The van der Waals surface area contributed by atoms with Crippen molar-refractivity contribution >= 4 is 11.8 Å². The fourth-order valence-electron chi connectivity index (χ4n) is 0.688. The van der Waals surface area contributed by atoms with E-state index >= 15 is 0 Å². The van der Waals surface area contributed by atoms with Gasteiger partial charge >= 0.3 is 5.97 Å². The van der Waals surface area contributed by atoms with Crippen LogP contribution < -0.4 is 5.73 Å². The highest BCUT2D eigenvalue weighted by molar-refractivity contribution is 5.90. The summed E-state index contributed by atoms with van der Waals surface area (Å²) >= 11 is 0. The Kier molecular flexibility index (Phi) is 2.36. The second-order valence-electron chi connectivity index (χ2n) is 2.13. The average molecular weight is 189 g/mol. The molecule has 1 aromatic rings. The number of nitrogen functional groups attached to an aromatic ring is 1. The van der Waals surface area contributed by atoms with Crippen molar-refractivity contribution in [2.75, 3.05) is 5.73 Å². The number of alkyl halides is 2. The van der Waals surface area contributed by atoms with Gasteiger partial charge in [-0.05, 0) is 0 Å². The quantitative estimate of drug-likeness (QED) is 0.714. The Hall–Kier alpha value is -1.79. The van der Waals surface area contributed by atoms with Gasteiger partial charge in [-0.25, -0.2) is 23.5 Å². The van der Waals surface area contributed by atoms with Gasteiger partial charge in [0.2, 0.25) is 0 Å². The van der Waals surface area contributed by atoms with Crippen molar-refractivity contribution < 1.29 is 18.7 Å². The lowest BCUT2D eigenvalue weighted by Crippen LogP contribution is -2.09. The number of rotatable bonds is 2. The van der Waals surface area contributed by atoms with E-state index in [1.807, 2.05) is 0 Å². The molecule has 1 aromatic heterocycles. The van der Waals surface area contributed by atoms with Crippen molar-refractivity contribution in [3.05, 3.63) is 17.6 Å². The van der Waals surface area contributed by atoms with E-state index in [1.54, 1.807) is 0 Å². The second-order valence-corrected chi connectivity index (χ2v) is 2.13. The maximum absolute atomic E-state index is 12.0. The van der Waals surface area contributed by atoms with E-state index in [2.05, 4.69) is 9.97 Å². The first-order valence-corrected chi connectivity index (χ1v) is 3.16. The van der Waals surface area contributed by atoms with Gasteiger partial charge < -0.3 is 10.8 Å². The molecule has 0 spiro atoms. The second kappa shape index (κ2) is 3.30. The van der Waals surface area contributed by atoms with Gasteiger partial charge in [0.25, 0.3) is 6.43 Å². The number of aromatic carboxylic acids is 1. The number of carboxylic acids is 1. The molecule has 0 unspecified atom stereocenters. The molecule has 70 valence electrons. The van der Waals surface area contributed by atoms with E-state index in [9.17, 15) is 13.6 Å². The van der Waals surface area contributed by atoms with Gasteiger partial charge in [-0.1, -0.05) is 0 Å². The fraction of sp³-hybridized carbons (Fsp3) is 0.167. The summed E-state index contributed by atoms with van der Waals surface area (Å²) < 4.78 is 23.9. The lowest BCUT2D eigenvalue weighted by atomic mass is 10.4. The van der Waals surface area contributed by atoms with E-state index in [4.69, 9.17) is 10.8 Å². The van der Waals surface area contributed by atoms with Gasteiger partial charge in [0.1, 0.15) is 5.69 Å². The summed E-state index contributed by atoms with van der Waals surface area (Å²) in [6.07, 6.45) is -2.12. The molecule has 0 saturated heterocycles. The van der Waals surface area contributed by atoms with E-state index in [0.717, 1.165) is 0 Å². The Morgan fingerprint density at radius 2 is 2.23 bits per heavy atom. The van der Waals surface area contributed by atoms with Crippen molar-refractivity contribution in [1.82, 2.24) is 9.97 Å². The van der Waals surface area contributed by atoms with Gasteiger partial charge in [-0.2, -0.15) is 0 Å². The number of nitrogens with zero attached hydrogens (tertiary/aromatic N) is 2. The lowest BCUT2D eigenvalue weighted by Gasteiger charge is -2.01. The van der Waals surface area contributed by atoms with Crippen LogP contribution in [0.2, 0.25) is 0 Å². The van der Waals surface area contributed by atoms with Gasteiger partial charge in [-0.15, -0.1) is 0 Å². The van der Waals surface area contributed by atoms with Crippen molar-refractivity contribution in [1.29, 1.82) is 0 Å². The largest absolute Gasteiger partial charge is 0.476 e. The van der Waals surface area contributed by atoms with Crippen LogP contribution in [0, 0.1) is 0 Å². The maximum atomic E-state index is 12.0.